The molecule has 14 heavy (non-hydrogen) atoms. The minimum atomic E-state index is 0.729. The maximum Gasteiger partial charge on any atom is 0.0480 e. The standard InChI is InChI=1S/C13H17N/c1-10(2)8-11-4-5-12-6-7-14(3)13(12)9-11/h4-7,9-10H,8H2,1-3H3. The largest absolute Gasteiger partial charge is 0.351 e. The third-order valence-corrected chi connectivity index (χ3v) is 2.60. The Bertz CT molecular complexity index is 437. The van der Waals surface area contributed by atoms with Gasteiger partial charge in [-0.25, -0.2) is 0 Å². The van der Waals surface area contributed by atoms with Gasteiger partial charge in [0.15, 0.2) is 0 Å². The van der Waals surface area contributed by atoms with Crippen molar-refractivity contribution in [1.82, 2.24) is 4.57 Å². The second-order valence-corrected chi connectivity index (χ2v) is 4.42. The second-order valence-electron chi connectivity index (χ2n) is 4.42. The van der Waals surface area contributed by atoms with E-state index < -0.39 is 0 Å². The molecule has 1 nitrogen and oxygen atoms in total. The Morgan fingerprint density at radius 2 is 2.00 bits per heavy atom. The van der Waals surface area contributed by atoms with Crippen molar-refractivity contribution in [2.24, 2.45) is 13.0 Å². The van der Waals surface area contributed by atoms with Crippen molar-refractivity contribution in [2.75, 3.05) is 0 Å². The Morgan fingerprint density at radius 1 is 1.21 bits per heavy atom. The Morgan fingerprint density at radius 3 is 2.71 bits per heavy atom. The number of aromatic nitrogens is 1. The van der Waals surface area contributed by atoms with Gasteiger partial charge in [-0.2, -0.15) is 0 Å². The molecule has 1 heteroatoms. The van der Waals surface area contributed by atoms with Crippen molar-refractivity contribution in [3.8, 4) is 0 Å². The van der Waals surface area contributed by atoms with E-state index in [1.165, 1.54) is 22.9 Å². The Labute approximate surface area is 85.4 Å². The van der Waals surface area contributed by atoms with Crippen molar-refractivity contribution in [3.63, 3.8) is 0 Å². The molecule has 1 aromatic heterocycles. The van der Waals surface area contributed by atoms with Crippen LogP contribution in [0.4, 0.5) is 0 Å². The molecular weight excluding hydrogens is 170 g/mol. The van der Waals surface area contributed by atoms with Crippen molar-refractivity contribution in [2.45, 2.75) is 20.3 Å². The van der Waals surface area contributed by atoms with E-state index in [4.69, 9.17) is 0 Å². The summed E-state index contributed by atoms with van der Waals surface area (Å²) in [5.74, 6) is 0.729. The number of aryl methyl sites for hydroxylation is 1. The molecule has 1 heterocycles. The molecule has 0 fully saturated rings. The van der Waals surface area contributed by atoms with Gasteiger partial charge in [-0.15, -0.1) is 0 Å². The summed E-state index contributed by atoms with van der Waals surface area (Å²) >= 11 is 0. The first kappa shape index (κ1) is 9.32. The number of benzene rings is 1. The van der Waals surface area contributed by atoms with E-state index in [0.29, 0.717) is 0 Å². The first-order valence-corrected chi connectivity index (χ1v) is 5.21. The monoisotopic (exact) mass is 187 g/mol. The van der Waals surface area contributed by atoms with Crippen LogP contribution in [0.3, 0.4) is 0 Å². The summed E-state index contributed by atoms with van der Waals surface area (Å²) < 4.78 is 2.18. The topological polar surface area (TPSA) is 4.93 Å². The zero-order chi connectivity index (χ0) is 10.1. The third-order valence-electron chi connectivity index (χ3n) is 2.60. The van der Waals surface area contributed by atoms with Gasteiger partial charge in [-0.3, -0.25) is 0 Å². The fourth-order valence-corrected chi connectivity index (χ4v) is 1.91. The molecule has 0 unspecified atom stereocenters. The first-order valence-electron chi connectivity index (χ1n) is 5.21. The lowest BCUT2D eigenvalue weighted by atomic mass is 10.0. The lowest BCUT2D eigenvalue weighted by Crippen LogP contribution is -1.94. The first-order chi connectivity index (χ1) is 6.66. The maximum absolute atomic E-state index is 2.30. The average molecular weight is 187 g/mol. The zero-order valence-corrected chi connectivity index (χ0v) is 9.12. The highest BCUT2D eigenvalue weighted by molar-refractivity contribution is 5.80. The molecule has 0 atom stereocenters. The zero-order valence-electron chi connectivity index (χ0n) is 9.12. The lowest BCUT2D eigenvalue weighted by molar-refractivity contribution is 0.647. The molecule has 0 aliphatic carbocycles. The highest BCUT2D eigenvalue weighted by atomic mass is 14.9. The number of rotatable bonds is 2. The van der Waals surface area contributed by atoms with Gasteiger partial charge in [-0.05, 0) is 35.4 Å². The third kappa shape index (κ3) is 1.67. The van der Waals surface area contributed by atoms with Gasteiger partial charge in [-0.1, -0.05) is 26.0 Å². The molecule has 0 radical (unpaired) electrons. The summed E-state index contributed by atoms with van der Waals surface area (Å²) in [6.45, 7) is 4.52. The molecule has 74 valence electrons. The molecule has 1 aromatic carbocycles. The lowest BCUT2D eigenvalue weighted by Gasteiger charge is -2.05. The quantitative estimate of drug-likeness (QED) is 0.679. The van der Waals surface area contributed by atoms with Gasteiger partial charge in [0, 0.05) is 18.8 Å². The summed E-state index contributed by atoms with van der Waals surface area (Å²) in [6.07, 6.45) is 3.28. The maximum atomic E-state index is 2.30. The number of nitrogens with zero attached hydrogens (tertiary/aromatic N) is 1. The molecule has 0 N–H and O–H groups in total. The van der Waals surface area contributed by atoms with Crippen LogP contribution in [0.25, 0.3) is 10.9 Å². The van der Waals surface area contributed by atoms with Crippen molar-refractivity contribution in [3.05, 3.63) is 36.0 Å². The highest BCUT2D eigenvalue weighted by Gasteiger charge is 2.01. The SMILES string of the molecule is CC(C)Cc1ccc2ccn(C)c2c1. The van der Waals surface area contributed by atoms with Gasteiger partial charge in [0.1, 0.15) is 0 Å². The molecule has 2 rings (SSSR count). The van der Waals surface area contributed by atoms with Crippen molar-refractivity contribution < 1.29 is 0 Å². The van der Waals surface area contributed by atoms with E-state index in [-0.39, 0.29) is 0 Å². The van der Waals surface area contributed by atoms with Crippen LogP contribution in [0, 0.1) is 5.92 Å². The van der Waals surface area contributed by atoms with Crippen LogP contribution >= 0.6 is 0 Å². The molecular formula is C13H17N. The summed E-state index contributed by atoms with van der Waals surface area (Å²) in [4.78, 5) is 0. The van der Waals surface area contributed by atoms with Crippen LogP contribution < -0.4 is 0 Å². The normalized spacial score (nSPS) is 11.4. The average Bonchev–Trinajstić information content (AvgIpc) is 2.47. The summed E-state index contributed by atoms with van der Waals surface area (Å²) in [5, 5.41) is 1.33. The molecule has 2 aromatic rings. The minimum absolute atomic E-state index is 0.729. The predicted octanol–water partition coefficient (Wildman–Crippen LogP) is 3.38. The van der Waals surface area contributed by atoms with Crippen molar-refractivity contribution in [1.29, 1.82) is 0 Å². The molecule has 0 saturated carbocycles. The van der Waals surface area contributed by atoms with E-state index in [2.05, 4.69) is 55.9 Å². The fourth-order valence-electron chi connectivity index (χ4n) is 1.91. The van der Waals surface area contributed by atoms with E-state index in [0.717, 1.165) is 5.92 Å². The van der Waals surface area contributed by atoms with Crippen LogP contribution in [0.15, 0.2) is 30.5 Å². The summed E-state index contributed by atoms with van der Waals surface area (Å²) in [6, 6.07) is 8.92. The van der Waals surface area contributed by atoms with Crippen LogP contribution in [-0.4, -0.2) is 4.57 Å². The molecule has 0 amide bonds. The van der Waals surface area contributed by atoms with E-state index >= 15 is 0 Å². The minimum Gasteiger partial charge on any atom is -0.351 e. The van der Waals surface area contributed by atoms with E-state index in [9.17, 15) is 0 Å². The molecule has 0 aliphatic rings. The highest BCUT2D eigenvalue weighted by Crippen LogP contribution is 2.18. The molecule has 0 spiro atoms. The Hall–Kier alpha value is -1.24. The molecule has 0 bridgehead atoms. The van der Waals surface area contributed by atoms with Gasteiger partial charge in [0.2, 0.25) is 0 Å². The van der Waals surface area contributed by atoms with Gasteiger partial charge in [0.05, 0.1) is 0 Å². The number of hydrogen-bond donors (Lipinski definition) is 0. The van der Waals surface area contributed by atoms with Crippen LogP contribution in [0.2, 0.25) is 0 Å². The number of fused-ring (bicyclic) bond motifs is 1. The van der Waals surface area contributed by atoms with Crippen LogP contribution in [0.5, 0.6) is 0 Å². The van der Waals surface area contributed by atoms with Gasteiger partial charge in [0.25, 0.3) is 0 Å². The second kappa shape index (κ2) is 3.49. The smallest absolute Gasteiger partial charge is 0.0480 e. The molecule has 0 aliphatic heterocycles. The van der Waals surface area contributed by atoms with Gasteiger partial charge >= 0.3 is 0 Å². The summed E-state index contributed by atoms with van der Waals surface area (Å²) in [5.41, 5.74) is 2.78. The predicted molar refractivity (Wildman–Crippen MR) is 61.5 cm³/mol. The van der Waals surface area contributed by atoms with E-state index in [1.54, 1.807) is 0 Å². The Balaban J connectivity index is 2.44. The van der Waals surface area contributed by atoms with E-state index in [1.807, 2.05) is 0 Å². The fraction of sp³-hybridized carbons (Fsp3) is 0.385. The van der Waals surface area contributed by atoms with Crippen LogP contribution in [-0.2, 0) is 13.5 Å². The van der Waals surface area contributed by atoms with Gasteiger partial charge < -0.3 is 4.57 Å². The summed E-state index contributed by atoms with van der Waals surface area (Å²) in [7, 11) is 2.10. The van der Waals surface area contributed by atoms with Crippen LogP contribution in [0.1, 0.15) is 19.4 Å². The molecule has 0 saturated heterocycles. The van der Waals surface area contributed by atoms with Crippen molar-refractivity contribution >= 4 is 10.9 Å². The Kier molecular flexibility index (Phi) is 2.32. The number of hydrogen-bond acceptors (Lipinski definition) is 0.